The van der Waals surface area contributed by atoms with Crippen LogP contribution in [0.25, 0.3) is 0 Å². The molecule has 2 rings (SSSR count). The molecule has 1 saturated heterocycles. The van der Waals surface area contributed by atoms with Gasteiger partial charge in [0.15, 0.2) is 6.29 Å². The van der Waals surface area contributed by atoms with E-state index in [0.29, 0.717) is 13.2 Å². The molecule has 1 fully saturated rings. The summed E-state index contributed by atoms with van der Waals surface area (Å²) >= 11 is 3.54. The Bertz CT molecular complexity index is 319. The van der Waals surface area contributed by atoms with Crippen LogP contribution in [-0.4, -0.2) is 13.2 Å². The highest BCUT2D eigenvalue weighted by Crippen LogP contribution is 2.27. The third-order valence-electron chi connectivity index (χ3n) is 2.35. The van der Waals surface area contributed by atoms with Crippen molar-refractivity contribution in [3.8, 4) is 0 Å². The van der Waals surface area contributed by atoms with Gasteiger partial charge >= 0.3 is 0 Å². The Labute approximate surface area is 92.3 Å². The summed E-state index contributed by atoms with van der Waals surface area (Å²) in [5.74, 6) is 0. The summed E-state index contributed by atoms with van der Waals surface area (Å²) in [7, 11) is 0. The molecule has 0 radical (unpaired) electrons. The van der Waals surface area contributed by atoms with Crippen molar-refractivity contribution in [2.24, 2.45) is 0 Å². The maximum atomic E-state index is 5.42. The van der Waals surface area contributed by atoms with Crippen LogP contribution >= 0.6 is 15.9 Å². The molecule has 14 heavy (non-hydrogen) atoms. The number of ether oxygens (including phenoxy) is 2. The lowest BCUT2D eigenvalue weighted by molar-refractivity contribution is -0.0441. The molecule has 0 aliphatic carbocycles. The van der Waals surface area contributed by atoms with E-state index in [9.17, 15) is 0 Å². The monoisotopic (exact) mass is 256 g/mol. The quantitative estimate of drug-likeness (QED) is 0.810. The van der Waals surface area contributed by atoms with Crippen LogP contribution in [0.3, 0.4) is 0 Å². The maximum absolute atomic E-state index is 5.42. The summed E-state index contributed by atoms with van der Waals surface area (Å²) < 4.78 is 12.0. The van der Waals surface area contributed by atoms with Crippen LogP contribution in [0.2, 0.25) is 0 Å². The van der Waals surface area contributed by atoms with Crippen molar-refractivity contribution in [2.75, 3.05) is 13.2 Å². The molecule has 0 aromatic heterocycles. The van der Waals surface area contributed by atoms with Gasteiger partial charge in [-0.2, -0.15) is 0 Å². The second kappa shape index (κ2) is 4.43. The van der Waals surface area contributed by atoms with E-state index >= 15 is 0 Å². The van der Waals surface area contributed by atoms with Crippen molar-refractivity contribution in [3.63, 3.8) is 0 Å². The number of halogens is 1. The van der Waals surface area contributed by atoms with Crippen LogP contribution in [0.15, 0.2) is 22.7 Å². The van der Waals surface area contributed by atoms with Crippen molar-refractivity contribution in [3.05, 3.63) is 33.8 Å². The first-order valence-electron chi connectivity index (χ1n) is 4.83. The number of aryl methyl sites for hydroxylation is 1. The number of rotatable bonds is 2. The molecule has 1 aromatic rings. The molecular weight excluding hydrogens is 244 g/mol. The maximum Gasteiger partial charge on any atom is 0.184 e. The average Bonchev–Trinajstić information content (AvgIpc) is 2.70. The first-order chi connectivity index (χ1) is 6.81. The van der Waals surface area contributed by atoms with Crippen LogP contribution in [-0.2, 0) is 15.9 Å². The van der Waals surface area contributed by atoms with Gasteiger partial charge in [0.05, 0.1) is 13.2 Å². The van der Waals surface area contributed by atoms with Gasteiger partial charge in [-0.25, -0.2) is 0 Å². The Morgan fingerprint density at radius 3 is 2.64 bits per heavy atom. The van der Waals surface area contributed by atoms with Gasteiger partial charge in [-0.05, 0) is 18.1 Å². The van der Waals surface area contributed by atoms with Crippen molar-refractivity contribution >= 4 is 15.9 Å². The average molecular weight is 257 g/mol. The minimum Gasteiger partial charge on any atom is -0.346 e. The molecule has 0 bridgehead atoms. The summed E-state index contributed by atoms with van der Waals surface area (Å²) in [5.41, 5.74) is 2.40. The van der Waals surface area contributed by atoms with Gasteiger partial charge in [0, 0.05) is 10.0 Å². The largest absolute Gasteiger partial charge is 0.346 e. The van der Waals surface area contributed by atoms with Crippen LogP contribution in [0, 0.1) is 0 Å². The highest BCUT2D eigenvalue weighted by atomic mass is 79.9. The first-order valence-corrected chi connectivity index (χ1v) is 5.62. The molecule has 3 heteroatoms. The second-order valence-corrected chi connectivity index (χ2v) is 4.13. The fraction of sp³-hybridized carbons (Fsp3) is 0.455. The number of hydrogen-bond donors (Lipinski definition) is 0. The van der Waals surface area contributed by atoms with Crippen molar-refractivity contribution in [1.29, 1.82) is 0 Å². The van der Waals surface area contributed by atoms with Crippen LogP contribution < -0.4 is 0 Å². The highest BCUT2D eigenvalue weighted by Gasteiger charge is 2.18. The van der Waals surface area contributed by atoms with Crippen molar-refractivity contribution in [1.82, 2.24) is 0 Å². The minimum absolute atomic E-state index is 0.169. The molecule has 76 valence electrons. The first kappa shape index (κ1) is 10.1. The number of hydrogen-bond acceptors (Lipinski definition) is 2. The zero-order valence-electron chi connectivity index (χ0n) is 8.13. The summed E-state index contributed by atoms with van der Waals surface area (Å²) in [6, 6.07) is 6.26. The van der Waals surface area contributed by atoms with E-state index in [-0.39, 0.29) is 6.29 Å². The molecule has 0 atom stereocenters. The van der Waals surface area contributed by atoms with Gasteiger partial charge < -0.3 is 9.47 Å². The van der Waals surface area contributed by atoms with E-state index in [4.69, 9.17) is 9.47 Å². The Kier molecular flexibility index (Phi) is 3.21. The second-order valence-electron chi connectivity index (χ2n) is 3.28. The minimum atomic E-state index is -0.169. The fourth-order valence-electron chi connectivity index (χ4n) is 1.55. The van der Waals surface area contributed by atoms with Gasteiger partial charge in [-0.3, -0.25) is 0 Å². The SMILES string of the molecule is CCc1ccc(C2OCCO2)cc1Br. The van der Waals surface area contributed by atoms with E-state index in [0.717, 1.165) is 16.5 Å². The molecule has 1 heterocycles. The van der Waals surface area contributed by atoms with Crippen LogP contribution in [0.5, 0.6) is 0 Å². The molecular formula is C11H13BrO2. The van der Waals surface area contributed by atoms with Crippen LogP contribution in [0.4, 0.5) is 0 Å². The third-order valence-corrected chi connectivity index (χ3v) is 3.09. The van der Waals surface area contributed by atoms with Crippen LogP contribution in [0.1, 0.15) is 24.3 Å². The molecule has 1 aliphatic heterocycles. The lowest BCUT2D eigenvalue weighted by Crippen LogP contribution is -1.98. The lowest BCUT2D eigenvalue weighted by atomic mass is 10.1. The molecule has 0 amide bonds. The zero-order chi connectivity index (χ0) is 9.97. The molecule has 1 aromatic carbocycles. The van der Waals surface area contributed by atoms with Crippen molar-refractivity contribution < 1.29 is 9.47 Å². The summed E-state index contributed by atoms with van der Waals surface area (Å²) in [6.07, 6.45) is 0.866. The number of benzene rings is 1. The van der Waals surface area contributed by atoms with E-state index in [2.05, 4.69) is 41.1 Å². The van der Waals surface area contributed by atoms with E-state index in [1.807, 2.05) is 0 Å². The van der Waals surface area contributed by atoms with Gasteiger partial charge in [-0.1, -0.05) is 35.0 Å². The Hall–Kier alpha value is -0.380. The van der Waals surface area contributed by atoms with E-state index in [1.54, 1.807) is 0 Å². The smallest absolute Gasteiger partial charge is 0.184 e. The molecule has 0 spiro atoms. The topological polar surface area (TPSA) is 18.5 Å². The normalized spacial score (nSPS) is 17.6. The third kappa shape index (κ3) is 2.00. The highest BCUT2D eigenvalue weighted by molar-refractivity contribution is 9.10. The Morgan fingerprint density at radius 1 is 1.36 bits per heavy atom. The van der Waals surface area contributed by atoms with Crippen molar-refractivity contribution in [2.45, 2.75) is 19.6 Å². The Morgan fingerprint density at radius 2 is 2.07 bits per heavy atom. The van der Waals surface area contributed by atoms with Gasteiger partial charge in [-0.15, -0.1) is 0 Å². The van der Waals surface area contributed by atoms with Gasteiger partial charge in [0.2, 0.25) is 0 Å². The molecule has 0 N–H and O–H groups in total. The standard InChI is InChI=1S/C11H13BrO2/c1-2-8-3-4-9(7-10(8)12)11-13-5-6-14-11/h3-4,7,11H,2,5-6H2,1H3. The van der Waals surface area contributed by atoms with E-state index < -0.39 is 0 Å². The Balaban J connectivity index is 2.23. The summed E-state index contributed by atoms with van der Waals surface area (Å²) in [6.45, 7) is 3.53. The molecule has 0 saturated carbocycles. The predicted molar refractivity (Wildman–Crippen MR) is 58.2 cm³/mol. The van der Waals surface area contributed by atoms with Gasteiger partial charge in [0.1, 0.15) is 0 Å². The summed E-state index contributed by atoms with van der Waals surface area (Å²) in [4.78, 5) is 0. The molecule has 1 aliphatic rings. The predicted octanol–water partition coefficient (Wildman–Crippen LogP) is 3.06. The lowest BCUT2D eigenvalue weighted by Gasteiger charge is -2.11. The fourth-order valence-corrected chi connectivity index (χ4v) is 2.22. The molecule has 2 nitrogen and oxygen atoms in total. The van der Waals surface area contributed by atoms with Gasteiger partial charge in [0.25, 0.3) is 0 Å². The zero-order valence-corrected chi connectivity index (χ0v) is 9.71. The summed E-state index contributed by atoms with van der Waals surface area (Å²) in [5, 5.41) is 0. The molecule has 0 unspecified atom stereocenters. The van der Waals surface area contributed by atoms with E-state index in [1.165, 1.54) is 5.56 Å².